The molecule has 1 amide bonds. The van der Waals surface area contributed by atoms with Crippen molar-refractivity contribution < 1.29 is 19.0 Å². The summed E-state index contributed by atoms with van der Waals surface area (Å²) >= 11 is 0. The van der Waals surface area contributed by atoms with E-state index in [-0.39, 0.29) is 23.8 Å². The second-order valence-electron chi connectivity index (χ2n) is 9.39. The second-order valence-corrected chi connectivity index (χ2v) is 9.39. The number of rotatable bonds is 7. The Kier molecular flexibility index (Phi) is 6.05. The minimum atomic E-state index is -0.436. The highest BCUT2D eigenvalue weighted by Crippen LogP contribution is 2.45. The number of ether oxygens (including phenoxy) is 1. The Labute approximate surface area is 192 Å². The summed E-state index contributed by atoms with van der Waals surface area (Å²) in [6.45, 7) is 2.20. The number of benzene rings is 1. The first-order valence-electron chi connectivity index (χ1n) is 11.7. The predicted octanol–water partition coefficient (Wildman–Crippen LogP) is 2.73. The van der Waals surface area contributed by atoms with Crippen LogP contribution in [0, 0.1) is 17.7 Å². The van der Waals surface area contributed by atoms with E-state index >= 15 is 0 Å². The Hall–Kier alpha value is -2.94. The van der Waals surface area contributed by atoms with Crippen molar-refractivity contribution in [2.75, 3.05) is 30.4 Å². The first-order chi connectivity index (χ1) is 16.0. The maximum Gasteiger partial charge on any atom is 0.256 e. The molecule has 0 radical (unpaired) electrons. The number of methoxy groups -OCH3 is 1. The standard InChI is InChI=1S/C24H30FN5O3/c1-33-21-7-2-14(8-20(21)25)10-26-22-19(23(32)28-17-3-5-18(31)6-4-17)11-27-24(29-22)30-12-15-9-16(15)13-30/h2,7-8,11,15-18,31H,3-6,9-10,12-13H2,1H3,(H,28,32)(H,26,27,29)/t15-,16?,17?,18?/m1/s1. The van der Waals surface area contributed by atoms with Gasteiger partial charge < -0.3 is 25.4 Å². The molecule has 33 heavy (non-hydrogen) atoms. The fourth-order valence-electron chi connectivity index (χ4n) is 4.88. The third kappa shape index (κ3) is 4.88. The Morgan fingerprint density at radius 1 is 1.24 bits per heavy atom. The molecule has 3 aliphatic rings. The summed E-state index contributed by atoms with van der Waals surface area (Å²) in [4.78, 5) is 24.4. The molecule has 2 heterocycles. The van der Waals surface area contributed by atoms with E-state index in [2.05, 4.69) is 20.5 Å². The third-order valence-electron chi connectivity index (χ3n) is 6.99. The van der Waals surface area contributed by atoms with Gasteiger partial charge in [0, 0.05) is 31.9 Å². The van der Waals surface area contributed by atoms with Crippen molar-refractivity contribution in [1.82, 2.24) is 15.3 Å². The highest BCUT2D eigenvalue weighted by Gasteiger charge is 2.46. The lowest BCUT2D eigenvalue weighted by Gasteiger charge is -2.26. The van der Waals surface area contributed by atoms with Crippen LogP contribution in [0.1, 0.15) is 48.0 Å². The smallest absolute Gasteiger partial charge is 0.256 e. The first-order valence-corrected chi connectivity index (χ1v) is 11.7. The van der Waals surface area contributed by atoms with E-state index in [1.54, 1.807) is 18.3 Å². The zero-order valence-electron chi connectivity index (χ0n) is 18.8. The van der Waals surface area contributed by atoms with Crippen LogP contribution in [0.2, 0.25) is 0 Å². The van der Waals surface area contributed by atoms with Gasteiger partial charge in [-0.3, -0.25) is 4.79 Å². The molecule has 1 saturated heterocycles. The van der Waals surface area contributed by atoms with Gasteiger partial charge in [0.2, 0.25) is 5.95 Å². The molecule has 1 aliphatic heterocycles. The molecule has 1 aromatic heterocycles. The molecule has 1 unspecified atom stereocenters. The monoisotopic (exact) mass is 455 g/mol. The molecule has 3 fully saturated rings. The predicted molar refractivity (Wildman–Crippen MR) is 122 cm³/mol. The maximum absolute atomic E-state index is 14.1. The van der Waals surface area contributed by atoms with Crippen LogP contribution in [0.3, 0.4) is 0 Å². The van der Waals surface area contributed by atoms with Gasteiger partial charge in [-0.25, -0.2) is 9.37 Å². The van der Waals surface area contributed by atoms with Gasteiger partial charge in [0.15, 0.2) is 11.6 Å². The lowest BCUT2D eigenvalue weighted by atomic mass is 9.93. The summed E-state index contributed by atoms with van der Waals surface area (Å²) in [6, 6.07) is 4.79. The molecule has 8 nitrogen and oxygen atoms in total. The highest BCUT2D eigenvalue weighted by atomic mass is 19.1. The van der Waals surface area contributed by atoms with Crippen LogP contribution in [0.15, 0.2) is 24.4 Å². The minimum Gasteiger partial charge on any atom is -0.494 e. The maximum atomic E-state index is 14.1. The van der Waals surface area contributed by atoms with E-state index in [0.717, 1.165) is 37.8 Å². The van der Waals surface area contributed by atoms with Crippen molar-refractivity contribution >= 4 is 17.7 Å². The fraction of sp³-hybridized carbons (Fsp3) is 0.542. The number of hydrogen-bond donors (Lipinski definition) is 3. The molecule has 9 heteroatoms. The van der Waals surface area contributed by atoms with Crippen molar-refractivity contribution in [2.45, 2.75) is 50.8 Å². The van der Waals surface area contributed by atoms with Crippen molar-refractivity contribution in [3.63, 3.8) is 0 Å². The molecule has 0 spiro atoms. The fourth-order valence-corrected chi connectivity index (χ4v) is 4.88. The molecule has 0 bridgehead atoms. The molecule has 176 valence electrons. The molecule has 2 aromatic rings. The number of fused-ring (bicyclic) bond motifs is 1. The molecule has 5 rings (SSSR count). The Balaban J connectivity index is 1.34. The van der Waals surface area contributed by atoms with E-state index < -0.39 is 5.82 Å². The number of hydrogen-bond acceptors (Lipinski definition) is 7. The average molecular weight is 456 g/mol. The van der Waals surface area contributed by atoms with Crippen molar-refractivity contribution in [2.24, 2.45) is 11.8 Å². The summed E-state index contributed by atoms with van der Waals surface area (Å²) in [5, 5.41) is 16.0. The number of carbonyl (C=O) groups excluding carboxylic acids is 1. The van der Waals surface area contributed by atoms with Crippen LogP contribution >= 0.6 is 0 Å². The van der Waals surface area contributed by atoms with Gasteiger partial charge in [-0.05, 0) is 61.6 Å². The molecule has 2 saturated carbocycles. The van der Waals surface area contributed by atoms with E-state index in [1.165, 1.54) is 19.6 Å². The number of nitrogens with zero attached hydrogens (tertiary/aromatic N) is 3. The van der Waals surface area contributed by atoms with Gasteiger partial charge in [-0.15, -0.1) is 0 Å². The van der Waals surface area contributed by atoms with Crippen LogP contribution in [0.25, 0.3) is 0 Å². The van der Waals surface area contributed by atoms with Gasteiger partial charge >= 0.3 is 0 Å². The van der Waals surface area contributed by atoms with Crippen LogP contribution in [0.4, 0.5) is 16.2 Å². The molecule has 1 aromatic carbocycles. The number of aliphatic hydroxyl groups is 1. The van der Waals surface area contributed by atoms with Crippen LogP contribution in [-0.4, -0.2) is 53.3 Å². The number of aromatic nitrogens is 2. The van der Waals surface area contributed by atoms with Crippen LogP contribution in [0.5, 0.6) is 5.75 Å². The summed E-state index contributed by atoms with van der Waals surface area (Å²) in [7, 11) is 1.43. The normalized spacial score (nSPS) is 26.0. The molecule has 2 aliphatic carbocycles. The Morgan fingerprint density at radius 3 is 2.70 bits per heavy atom. The lowest BCUT2D eigenvalue weighted by molar-refractivity contribution is 0.0867. The van der Waals surface area contributed by atoms with E-state index in [4.69, 9.17) is 9.72 Å². The van der Waals surface area contributed by atoms with Crippen molar-refractivity contribution in [3.8, 4) is 5.75 Å². The number of aliphatic hydroxyl groups excluding tert-OH is 1. The SMILES string of the molecule is COc1ccc(CNc2nc(N3CC4C[C@@H]4C3)ncc2C(=O)NC2CCC(O)CC2)cc1F. The molecule has 3 N–H and O–H groups in total. The molecular formula is C24H30FN5O3. The second kappa shape index (κ2) is 9.13. The highest BCUT2D eigenvalue weighted by molar-refractivity contribution is 5.98. The summed E-state index contributed by atoms with van der Waals surface area (Å²) in [5.41, 5.74) is 1.08. The molecular weight excluding hydrogens is 425 g/mol. The van der Waals surface area contributed by atoms with Gasteiger partial charge in [-0.2, -0.15) is 4.98 Å². The number of halogens is 1. The molecule has 2 atom stereocenters. The van der Waals surface area contributed by atoms with Crippen molar-refractivity contribution in [1.29, 1.82) is 0 Å². The van der Waals surface area contributed by atoms with E-state index in [9.17, 15) is 14.3 Å². The van der Waals surface area contributed by atoms with Gasteiger partial charge in [0.25, 0.3) is 5.91 Å². The summed E-state index contributed by atoms with van der Waals surface area (Å²) in [5.74, 6) is 2.03. The van der Waals surface area contributed by atoms with Crippen LogP contribution < -0.4 is 20.3 Å². The average Bonchev–Trinajstić information content (AvgIpc) is 3.43. The van der Waals surface area contributed by atoms with Gasteiger partial charge in [0.1, 0.15) is 11.4 Å². The zero-order chi connectivity index (χ0) is 22.9. The minimum absolute atomic E-state index is 0.0230. The van der Waals surface area contributed by atoms with Crippen molar-refractivity contribution in [3.05, 3.63) is 41.3 Å². The summed E-state index contributed by atoms with van der Waals surface area (Å²) < 4.78 is 19.1. The van der Waals surface area contributed by atoms with Gasteiger partial charge in [0.05, 0.1) is 13.2 Å². The van der Waals surface area contributed by atoms with Gasteiger partial charge in [-0.1, -0.05) is 6.07 Å². The number of piperidine rings is 1. The Bertz CT molecular complexity index is 1020. The number of nitrogens with one attached hydrogen (secondary N) is 2. The van der Waals surface area contributed by atoms with Crippen LogP contribution in [-0.2, 0) is 6.54 Å². The quantitative estimate of drug-likeness (QED) is 0.590. The third-order valence-corrected chi connectivity index (χ3v) is 6.99. The summed E-state index contributed by atoms with van der Waals surface area (Å²) in [6.07, 6.45) is 5.44. The van der Waals surface area contributed by atoms with E-state index in [1.807, 2.05) is 0 Å². The topological polar surface area (TPSA) is 99.6 Å². The largest absolute Gasteiger partial charge is 0.494 e. The van der Waals surface area contributed by atoms with E-state index in [0.29, 0.717) is 42.3 Å². The zero-order valence-corrected chi connectivity index (χ0v) is 18.8. The Morgan fingerprint density at radius 2 is 2.00 bits per heavy atom. The number of carbonyl (C=O) groups is 1. The lowest BCUT2D eigenvalue weighted by Crippen LogP contribution is -2.39. The number of amides is 1. The number of anilines is 2. The first kappa shape index (κ1) is 21.9.